The van der Waals surface area contributed by atoms with Gasteiger partial charge in [-0.1, -0.05) is 19.9 Å². The van der Waals surface area contributed by atoms with Crippen molar-refractivity contribution < 1.29 is 14.3 Å². The maximum atomic E-state index is 12.8. The van der Waals surface area contributed by atoms with Gasteiger partial charge in [-0.25, -0.2) is 0 Å². The Bertz CT molecular complexity index is 760. The van der Waals surface area contributed by atoms with E-state index >= 15 is 0 Å². The van der Waals surface area contributed by atoms with E-state index < -0.39 is 0 Å². The fourth-order valence-corrected chi connectivity index (χ4v) is 4.08. The molecule has 1 atom stereocenters. The molecular formula is C21H28N2O3S. The second-order valence-electron chi connectivity index (χ2n) is 6.93. The van der Waals surface area contributed by atoms with Crippen LogP contribution in [0.2, 0.25) is 0 Å². The number of Topliss-reactive ketones (excluding diaryl/α,β-unsaturated/α-hetero) is 1. The third-order valence-corrected chi connectivity index (χ3v) is 5.32. The lowest BCUT2D eigenvalue weighted by molar-refractivity contribution is -0.116. The maximum absolute atomic E-state index is 12.8. The minimum Gasteiger partial charge on any atom is -0.493 e. The summed E-state index contributed by atoms with van der Waals surface area (Å²) in [6.45, 7) is 5.64. The summed E-state index contributed by atoms with van der Waals surface area (Å²) in [7, 11) is 1.63. The van der Waals surface area contributed by atoms with Crippen LogP contribution in [-0.2, 0) is 4.79 Å². The van der Waals surface area contributed by atoms with Gasteiger partial charge in [0.25, 0.3) is 0 Å². The van der Waals surface area contributed by atoms with E-state index in [-0.39, 0.29) is 11.8 Å². The lowest BCUT2D eigenvalue weighted by atomic mass is 9.84. The minimum absolute atomic E-state index is 0.212. The number of benzene rings is 1. The molecule has 0 spiro atoms. The van der Waals surface area contributed by atoms with Crippen LogP contribution in [0.5, 0.6) is 11.5 Å². The highest BCUT2D eigenvalue weighted by atomic mass is 32.1. The number of nitrogens with zero attached hydrogens (tertiary/aromatic N) is 1. The molecule has 1 unspecified atom stereocenters. The largest absolute Gasteiger partial charge is 0.493 e. The lowest BCUT2D eigenvalue weighted by Gasteiger charge is -2.41. The van der Waals surface area contributed by atoms with Crippen molar-refractivity contribution in [3.05, 3.63) is 35.0 Å². The molecule has 1 aromatic carbocycles. The van der Waals surface area contributed by atoms with Crippen LogP contribution in [-0.4, -0.2) is 36.1 Å². The van der Waals surface area contributed by atoms with Crippen molar-refractivity contribution >= 4 is 23.1 Å². The van der Waals surface area contributed by atoms with E-state index in [4.69, 9.17) is 21.7 Å². The highest BCUT2D eigenvalue weighted by molar-refractivity contribution is 7.80. The number of methoxy groups -OCH3 is 1. The van der Waals surface area contributed by atoms with Crippen LogP contribution in [0.4, 0.5) is 0 Å². The first-order chi connectivity index (χ1) is 13.1. The zero-order valence-corrected chi connectivity index (χ0v) is 17.2. The number of hydrogen-bond acceptors (Lipinski definition) is 4. The summed E-state index contributed by atoms with van der Waals surface area (Å²) in [6, 6.07) is 5.62. The Morgan fingerprint density at radius 2 is 2.04 bits per heavy atom. The van der Waals surface area contributed by atoms with E-state index in [0.717, 1.165) is 49.1 Å². The maximum Gasteiger partial charge on any atom is 0.173 e. The molecule has 1 aromatic rings. The number of rotatable bonds is 7. The van der Waals surface area contributed by atoms with Gasteiger partial charge in [-0.2, -0.15) is 0 Å². The highest BCUT2D eigenvalue weighted by Gasteiger charge is 2.37. The third-order valence-electron chi connectivity index (χ3n) is 4.99. The van der Waals surface area contributed by atoms with Gasteiger partial charge in [-0.15, -0.1) is 0 Å². The van der Waals surface area contributed by atoms with E-state index in [1.54, 1.807) is 7.11 Å². The van der Waals surface area contributed by atoms with Crippen molar-refractivity contribution in [1.29, 1.82) is 0 Å². The predicted molar refractivity (Wildman–Crippen MR) is 110 cm³/mol. The molecule has 3 rings (SSSR count). The van der Waals surface area contributed by atoms with Crippen LogP contribution in [0.3, 0.4) is 0 Å². The van der Waals surface area contributed by atoms with Crippen LogP contribution in [0.15, 0.2) is 29.5 Å². The van der Waals surface area contributed by atoms with Crippen LogP contribution in [0, 0.1) is 0 Å². The monoisotopic (exact) mass is 388 g/mol. The fourth-order valence-electron chi connectivity index (χ4n) is 3.76. The summed E-state index contributed by atoms with van der Waals surface area (Å²) < 4.78 is 11.3. The summed E-state index contributed by atoms with van der Waals surface area (Å²) in [4.78, 5) is 14.9. The number of nitrogens with one attached hydrogen (secondary N) is 1. The van der Waals surface area contributed by atoms with Crippen LogP contribution in [0.1, 0.15) is 57.6 Å². The second kappa shape index (κ2) is 8.74. The van der Waals surface area contributed by atoms with Crippen LogP contribution in [0.25, 0.3) is 0 Å². The molecule has 5 nitrogen and oxygen atoms in total. The Kier molecular flexibility index (Phi) is 6.37. The number of allylic oxidation sites excluding steroid dienone is 1. The zero-order chi connectivity index (χ0) is 19.4. The molecule has 0 radical (unpaired) electrons. The van der Waals surface area contributed by atoms with E-state index in [1.807, 2.05) is 18.2 Å². The van der Waals surface area contributed by atoms with Crippen molar-refractivity contribution in [1.82, 2.24) is 10.2 Å². The molecule has 6 heteroatoms. The molecule has 0 fully saturated rings. The Balaban J connectivity index is 2.03. The van der Waals surface area contributed by atoms with Crippen LogP contribution >= 0.6 is 12.2 Å². The van der Waals surface area contributed by atoms with Gasteiger partial charge in [0.05, 0.1) is 19.8 Å². The quantitative estimate of drug-likeness (QED) is 0.709. The van der Waals surface area contributed by atoms with Gasteiger partial charge in [0.1, 0.15) is 0 Å². The number of hydrogen-bond donors (Lipinski definition) is 1. The number of thiocarbonyl (C=S) groups is 1. The molecule has 1 N–H and O–H groups in total. The second-order valence-corrected chi connectivity index (χ2v) is 7.32. The molecular weight excluding hydrogens is 360 g/mol. The van der Waals surface area contributed by atoms with Crippen molar-refractivity contribution in [2.45, 2.75) is 52.0 Å². The van der Waals surface area contributed by atoms with Crippen LogP contribution < -0.4 is 14.8 Å². The smallest absolute Gasteiger partial charge is 0.173 e. The van der Waals surface area contributed by atoms with Gasteiger partial charge < -0.3 is 19.7 Å². The summed E-state index contributed by atoms with van der Waals surface area (Å²) in [5, 5.41) is 4.10. The van der Waals surface area contributed by atoms with Crippen molar-refractivity contribution in [3.63, 3.8) is 0 Å². The average molecular weight is 389 g/mol. The molecule has 1 heterocycles. The average Bonchev–Trinajstić information content (AvgIpc) is 2.68. The molecule has 27 heavy (non-hydrogen) atoms. The minimum atomic E-state index is -0.233. The fraction of sp³-hybridized carbons (Fsp3) is 0.524. The Morgan fingerprint density at radius 3 is 2.74 bits per heavy atom. The predicted octanol–water partition coefficient (Wildman–Crippen LogP) is 4.13. The van der Waals surface area contributed by atoms with E-state index in [1.165, 1.54) is 0 Å². The van der Waals surface area contributed by atoms with E-state index in [2.05, 4.69) is 24.1 Å². The van der Waals surface area contributed by atoms with Gasteiger partial charge in [0, 0.05) is 24.2 Å². The van der Waals surface area contributed by atoms with Gasteiger partial charge in [-0.3, -0.25) is 4.79 Å². The number of ether oxygens (including phenoxy) is 2. The van der Waals surface area contributed by atoms with E-state index in [0.29, 0.717) is 29.6 Å². The van der Waals surface area contributed by atoms with Gasteiger partial charge in [0.15, 0.2) is 22.4 Å². The van der Waals surface area contributed by atoms with Gasteiger partial charge in [0.2, 0.25) is 0 Å². The molecule has 0 aromatic heterocycles. The molecule has 0 amide bonds. The molecule has 0 bridgehead atoms. The Hall–Kier alpha value is -2.08. The summed E-state index contributed by atoms with van der Waals surface area (Å²) >= 11 is 5.64. The Morgan fingerprint density at radius 1 is 1.22 bits per heavy atom. The molecule has 146 valence electrons. The first-order valence-electron chi connectivity index (χ1n) is 9.75. The normalized spacial score (nSPS) is 19.7. The van der Waals surface area contributed by atoms with Crippen molar-refractivity contribution in [2.24, 2.45) is 0 Å². The third kappa shape index (κ3) is 3.95. The van der Waals surface area contributed by atoms with Crippen molar-refractivity contribution in [3.8, 4) is 11.5 Å². The Labute approximate surface area is 166 Å². The number of carbonyl (C=O) groups is 1. The lowest BCUT2D eigenvalue weighted by Crippen LogP contribution is -2.49. The highest BCUT2D eigenvalue weighted by Crippen LogP contribution is 2.39. The number of ketones is 1. The summed E-state index contributed by atoms with van der Waals surface area (Å²) in [5.41, 5.74) is 2.92. The standard InChI is InChI=1S/C21H28N2O3S/c1-4-11-23-15-7-6-8-16(24)19(15)20(22-21(23)27)14-9-10-17(25-3)18(13-14)26-12-5-2/h9-10,13,20H,4-8,11-12H2,1-3H3,(H,22,27). The first-order valence-corrected chi connectivity index (χ1v) is 10.2. The van der Waals surface area contributed by atoms with Gasteiger partial charge in [-0.05, 0) is 55.6 Å². The SMILES string of the molecule is CCCOc1cc(C2NC(=S)N(CCC)C3=C2C(=O)CCC3)ccc1OC. The van der Waals surface area contributed by atoms with Gasteiger partial charge >= 0.3 is 0 Å². The molecule has 1 aliphatic carbocycles. The van der Waals surface area contributed by atoms with E-state index in [9.17, 15) is 4.79 Å². The molecule has 0 saturated carbocycles. The molecule has 0 saturated heterocycles. The topological polar surface area (TPSA) is 50.8 Å². The summed E-state index contributed by atoms with van der Waals surface area (Å²) in [6.07, 6.45) is 4.28. The molecule has 2 aliphatic rings. The first kappa shape index (κ1) is 19.7. The number of carbonyl (C=O) groups excluding carboxylic acids is 1. The van der Waals surface area contributed by atoms with Crippen molar-refractivity contribution in [2.75, 3.05) is 20.3 Å². The molecule has 1 aliphatic heterocycles. The zero-order valence-electron chi connectivity index (χ0n) is 16.3. The summed E-state index contributed by atoms with van der Waals surface area (Å²) in [5.74, 6) is 1.61.